The fourth-order valence-corrected chi connectivity index (χ4v) is 2.83. The van der Waals surface area contributed by atoms with Crippen LogP contribution in [0.25, 0.3) is 0 Å². The molecule has 0 heterocycles. The van der Waals surface area contributed by atoms with Gasteiger partial charge in [0.1, 0.15) is 0 Å². The van der Waals surface area contributed by atoms with Crippen LogP contribution in [0.3, 0.4) is 0 Å². The maximum atomic E-state index is 6.04. The van der Waals surface area contributed by atoms with Crippen LogP contribution in [0.2, 0.25) is 0 Å². The molecule has 2 N–H and O–H groups in total. The molecule has 0 aliphatic heterocycles. The summed E-state index contributed by atoms with van der Waals surface area (Å²) < 4.78 is 0. The summed E-state index contributed by atoms with van der Waals surface area (Å²) in [6.07, 6.45) is 6.77. The Labute approximate surface area is 92.7 Å². The Morgan fingerprint density at radius 3 is 2.80 bits per heavy atom. The van der Waals surface area contributed by atoms with Crippen molar-refractivity contribution in [3.8, 4) is 0 Å². The number of rotatable bonds is 2. The predicted octanol–water partition coefficient (Wildman–Crippen LogP) is 3.95. The molecule has 1 aromatic carbocycles. The Hall–Kier alpha value is -0.980. The average Bonchev–Trinajstić information content (AvgIpc) is 2.30. The molecule has 0 spiro atoms. The van der Waals surface area contributed by atoms with E-state index in [9.17, 15) is 0 Å². The molecular weight excluding hydrogens is 182 g/mol. The van der Waals surface area contributed by atoms with Crippen LogP contribution in [0.1, 0.15) is 50.5 Å². The maximum absolute atomic E-state index is 6.04. The first-order valence-electron chi connectivity index (χ1n) is 6.15. The summed E-state index contributed by atoms with van der Waals surface area (Å²) in [4.78, 5) is 0. The van der Waals surface area contributed by atoms with Gasteiger partial charge in [-0.05, 0) is 36.3 Å². The summed E-state index contributed by atoms with van der Waals surface area (Å²) in [5.74, 6) is 1.63. The highest BCUT2D eigenvalue weighted by Crippen LogP contribution is 2.39. The summed E-state index contributed by atoms with van der Waals surface area (Å²) in [7, 11) is 0. The van der Waals surface area contributed by atoms with Crippen molar-refractivity contribution < 1.29 is 0 Å². The van der Waals surface area contributed by atoms with Gasteiger partial charge >= 0.3 is 0 Å². The zero-order chi connectivity index (χ0) is 10.7. The van der Waals surface area contributed by atoms with Gasteiger partial charge in [-0.1, -0.05) is 44.4 Å². The highest BCUT2D eigenvalue weighted by Gasteiger charge is 2.22. The number of benzene rings is 1. The van der Waals surface area contributed by atoms with Crippen LogP contribution in [-0.4, -0.2) is 0 Å². The Morgan fingerprint density at radius 1 is 1.27 bits per heavy atom. The second-order valence-electron chi connectivity index (χ2n) is 4.77. The summed E-state index contributed by atoms with van der Waals surface area (Å²) >= 11 is 0. The molecule has 1 heteroatoms. The number of nitrogens with two attached hydrogens (primary N) is 1. The van der Waals surface area contributed by atoms with Gasteiger partial charge < -0.3 is 5.73 Å². The minimum Gasteiger partial charge on any atom is -0.398 e. The number of para-hydroxylation sites is 1. The van der Waals surface area contributed by atoms with Crippen LogP contribution in [0.5, 0.6) is 0 Å². The van der Waals surface area contributed by atoms with E-state index in [-0.39, 0.29) is 0 Å². The van der Waals surface area contributed by atoms with Crippen molar-refractivity contribution >= 4 is 5.69 Å². The quantitative estimate of drug-likeness (QED) is 0.723. The van der Waals surface area contributed by atoms with Crippen LogP contribution in [0, 0.1) is 5.92 Å². The van der Waals surface area contributed by atoms with Crippen molar-refractivity contribution in [2.24, 2.45) is 5.92 Å². The third-order valence-corrected chi connectivity index (χ3v) is 3.80. The van der Waals surface area contributed by atoms with E-state index < -0.39 is 0 Å². The molecule has 0 amide bonds. The minimum absolute atomic E-state index is 0.713. The van der Waals surface area contributed by atoms with Crippen molar-refractivity contribution in [2.45, 2.75) is 44.9 Å². The number of hydrogen-bond donors (Lipinski definition) is 1. The lowest BCUT2D eigenvalue weighted by atomic mass is 9.77. The van der Waals surface area contributed by atoms with E-state index in [2.05, 4.69) is 19.1 Å². The molecule has 0 radical (unpaired) electrons. The van der Waals surface area contributed by atoms with Crippen molar-refractivity contribution in [3.05, 3.63) is 29.8 Å². The molecule has 0 unspecified atom stereocenters. The Kier molecular flexibility index (Phi) is 3.30. The molecule has 0 saturated heterocycles. The topological polar surface area (TPSA) is 26.0 Å². The first-order valence-corrected chi connectivity index (χ1v) is 6.15. The highest BCUT2D eigenvalue weighted by molar-refractivity contribution is 5.48. The van der Waals surface area contributed by atoms with E-state index in [1.54, 1.807) is 0 Å². The van der Waals surface area contributed by atoms with E-state index in [0.717, 1.165) is 11.6 Å². The number of anilines is 1. The standard InChI is InChI=1S/C14H21N/c1-2-11-6-5-7-12(10-11)13-8-3-4-9-14(13)15/h3-4,8-9,11-12H,2,5-7,10,15H2,1H3/t11-,12+/m1/s1. The van der Waals surface area contributed by atoms with Gasteiger partial charge in [-0.2, -0.15) is 0 Å². The van der Waals surface area contributed by atoms with Gasteiger partial charge in [0.15, 0.2) is 0 Å². The number of hydrogen-bond acceptors (Lipinski definition) is 1. The van der Waals surface area contributed by atoms with Crippen molar-refractivity contribution in [3.63, 3.8) is 0 Å². The number of nitrogen functional groups attached to an aromatic ring is 1. The van der Waals surface area contributed by atoms with Gasteiger partial charge in [0, 0.05) is 5.69 Å². The second kappa shape index (κ2) is 4.69. The highest BCUT2D eigenvalue weighted by atomic mass is 14.6. The zero-order valence-corrected chi connectivity index (χ0v) is 9.58. The molecule has 0 aromatic heterocycles. The van der Waals surface area contributed by atoms with Gasteiger partial charge in [0.25, 0.3) is 0 Å². The Bertz CT molecular complexity index is 319. The monoisotopic (exact) mass is 203 g/mol. The van der Waals surface area contributed by atoms with Crippen molar-refractivity contribution in [2.75, 3.05) is 5.73 Å². The van der Waals surface area contributed by atoms with Gasteiger partial charge in [0.2, 0.25) is 0 Å². The van der Waals surface area contributed by atoms with Crippen LogP contribution in [0.4, 0.5) is 5.69 Å². The summed E-state index contributed by atoms with van der Waals surface area (Å²) in [6.45, 7) is 2.31. The van der Waals surface area contributed by atoms with Crippen LogP contribution < -0.4 is 5.73 Å². The fourth-order valence-electron chi connectivity index (χ4n) is 2.83. The predicted molar refractivity (Wildman–Crippen MR) is 65.8 cm³/mol. The lowest BCUT2D eigenvalue weighted by Gasteiger charge is -2.29. The van der Waals surface area contributed by atoms with Crippen LogP contribution in [-0.2, 0) is 0 Å². The molecule has 1 nitrogen and oxygen atoms in total. The summed E-state index contributed by atoms with van der Waals surface area (Å²) in [6, 6.07) is 8.38. The maximum Gasteiger partial charge on any atom is 0.0349 e. The average molecular weight is 203 g/mol. The van der Waals surface area contributed by atoms with E-state index >= 15 is 0 Å². The molecule has 0 bridgehead atoms. The fraction of sp³-hybridized carbons (Fsp3) is 0.571. The molecule has 1 aliphatic carbocycles. The molecule has 1 aromatic rings. The molecule has 15 heavy (non-hydrogen) atoms. The van der Waals surface area contributed by atoms with E-state index in [4.69, 9.17) is 5.73 Å². The largest absolute Gasteiger partial charge is 0.398 e. The molecule has 1 aliphatic rings. The molecular formula is C14H21N. The molecule has 1 saturated carbocycles. The van der Waals surface area contributed by atoms with Crippen LogP contribution in [0.15, 0.2) is 24.3 Å². The van der Waals surface area contributed by atoms with E-state index in [0.29, 0.717) is 5.92 Å². The van der Waals surface area contributed by atoms with Crippen molar-refractivity contribution in [1.29, 1.82) is 0 Å². The molecule has 2 rings (SSSR count). The Balaban J connectivity index is 2.13. The van der Waals surface area contributed by atoms with Gasteiger partial charge in [-0.3, -0.25) is 0 Å². The van der Waals surface area contributed by atoms with Crippen molar-refractivity contribution in [1.82, 2.24) is 0 Å². The van der Waals surface area contributed by atoms with E-state index in [1.807, 2.05) is 12.1 Å². The van der Waals surface area contributed by atoms with Gasteiger partial charge in [-0.25, -0.2) is 0 Å². The SMILES string of the molecule is CC[C@@H]1CCC[C@H](c2ccccc2N)C1. The summed E-state index contributed by atoms with van der Waals surface area (Å²) in [5.41, 5.74) is 8.41. The third kappa shape index (κ3) is 2.34. The third-order valence-electron chi connectivity index (χ3n) is 3.80. The normalized spacial score (nSPS) is 26.5. The smallest absolute Gasteiger partial charge is 0.0349 e. The summed E-state index contributed by atoms with van der Waals surface area (Å²) in [5, 5.41) is 0. The van der Waals surface area contributed by atoms with E-state index in [1.165, 1.54) is 37.7 Å². The molecule has 82 valence electrons. The van der Waals surface area contributed by atoms with Crippen LogP contribution >= 0.6 is 0 Å². The zero-order valence-electron chi connectivity index (χ0n) is 9.58. The lowest BCUT2D eigenvalue weighted by Crippen LogP contribution is -2.14. The van der Waals surface area contributed by atoms with Gasteiger partial charge in [0.05, 0.1) is 0 Å². The van der Waals surface area contributed by atoms with Gasteiger partial charge in [-0.15, -0.1) is 0 Å². The molecule has 2 atom stereocenters. The lowest BCUT2D eigenvalue weighted by molar-refractivity contribution is 0.315. The second-order valence-corrected chi connectivity index (χ2v) is 4.77. The first-order chi connectivity index (χ1) is 7.31. The Morgan fingerprint density at radius 2 is 2.07 bits per heavy atom. The minimum atomic E-state index is 0.713. The molecule has 1 fully saturated rings. The first kappa shape index (κ1) is 10.5.